The van der Waals surface area contributed by atoms with Crippen molar-refractivity contribution in [2.45, 2.75) is 13.3 Å². The number of aromatic amines is 1. The van der Waals surface area contributed by atoms with Gasteiger partial charge in [-0.2, -0.15) is 5.10 Å². The van der Waals surface area contributed by atoms with E-state index in [-0.39, 0.29) is 18.3 Å². The molecule has 1 saturated heterocycles. The first-order valence-corrected chi connectivity index (χ1v) is 5.26. The number of nitrogens with one attached hydrogen (secondary N) is 3. The fourth-order valence-electron chi connectivity index (χ4n) is 1.80. The topological polar surface area (TPSA) is 69.8 Å². The number of H-pyrrole nitrogens is 1. The predicted molar refractivity (Wildman–Crippen MR) is 63.9 cm³/mol. The standard InChI is InChI=1S/C10H16N4O.ClH/c1-7-9(6-13-14-7)10(15)12-5-8-2-3-11-4-8;/h6,8,11H,2-5H2,1H3,(H,12,15)(H,13,14);1H. The van der Waals surface area contributed by atoms with Crippen LogP contribution < -0.4 is 10.6 Å². The molecule has 1 aromatic heterocycles. The van der Waals surface area contributed by atoms with Crippen molar-refractivity contribution in [3.05, 3.63) is 17.5 Å². The molecule has 0 aliphatic carbocycles. The Labute approximate surface area is 101 Å². The molecule has 1 atom stereocenters. The fraction of sp³-hybridized carbons (Fsp3) is 0.600. The zero-order chi connectivity index (χ0) is 10.7. The number of hydrogen-bond acceptors (Lipinski definition) is 3. The summed E-state index contributed by atoms with van der Waals surface area (Å²) < 4.78 is 0. The third-order valence-corrected chi connectivity index (χ3v) is 2.79. The van der Waals surface area contributed by atoms with Gasteiger partial charge in [0.05, 0.1) is 11.8 Å². The molecule has 0 saturated carbocycles. The molecule has 1 aliphatic heterocycles. The second-order valence-corrected chi connectivity index (χ2v) is 3.98. The summed E-state index contributed by atoms with van der Waals surface area (Å²) in [6, 6.07) is 0. The molecule has 1 aromatic rings. The van der Waals surface area contributed by atoms with Gasteiger partial charge in [0.25, 0.3) is 5.91 Å². The maximum absolute atomic E-state index is 11.7. The average Bonchev–Trinajstić information content (AvgIpc) is 2.84. The van der Waals surface area contributed by atoms with E-state index in [0.717, 1.165) is 31.7 Å². The van der Waals surface area contributed by atoms with E-state index in [1.165, 1.54) is 0 Å². The van der Waals surface area contributed by atoms with Crippen LogP contribution >= 0.6 is 12.4 Å². The Balaban J connectivity index is 0.00000128. The summed E-state index contributed by atoms with van der Waals surface area (Å²) in [6.07, 6.45) is 2.71. The van der Waals surface area contributed by atoms with Crippen molar-refractivity contribution in [1.82, 2.24) is 20.8 Å². The van der Waals surface area contributed by atoms with Gasteiger partial charge in [0.15, 0.2) is 0 Å². The van der Waals surface area contributed by atoms with Gasteiger partial charge in [-0.15, -0.1) is 12.4 Å². The van der Waals surface area contributed by atoms with E-state index in [4.69, 9.17) is 0 Å². The summed E-state index contributed by atoms with van der Waals surface area (Å²) in [4.78, 5) is 11.7. The van der Waals surface area contributed by atoms with Gasteiger partial charge in [-0.1, -0.05) is 0 Å². The minimum Gasteiger partial charge on any atom is -0.352 e. The highest BCUT2D eigenvalue weighted by atomic mass is 35.5. The zero-order valence-electron chi connectivity index (χ0n) is 9.25. The van der Waals surface area contributed by atoms with Crippen LogP contribution in [-0.4, -0.2) is 35.7 Å². The Morgan fingerprint density at radius 1 is 1.69 bits per heavy atom. The average molecular weight is 245 g/mol. The number of hydrogen-bond donors (Lipinski definition) is 3. The van der Waals surface area contributed by atoms with Crippen LogP contribution in [0.5, 0.6) is 0 Å². The summed E-state index contributed by atoms with van der Waals surface area (Å²) in [5, 5.41) is 12.8. The van der Waals surface area contributed by atoms with Crippen molar-refractivity contribution in [2.75, 3.05) is 19.6 Å². The highest BCUT2D eigenvalue weighted by Gasteiger charge is 2.16. The molecular formula is C10H17ClN4O. The van der Waals surface area contributed by atoms with E-state index >= 15 is 0 Å². The molecular weight excluding hydrogens is 228 g/mol. The number of aromatic nitrogens is 2. The maximum atomic E-state index is 11.7. The highest BCUT2D eigenvalue weighted by Crippen LogP contribution is 2.07. The van der Waals surface area contributed by atoms with Crippen LogP contribution in [0, 0.1) is 12.8 Å². The van der Waals surface area contributed by atoms with Gasteiger partial charge in [-0.05, 0) is 32.4 Å². The summed E-state index contributed by atoms with van der Waals surface area (Å²) >= 11 is 0. The van der Waals surface area contributed by atoms with Crippen LogP contribution in [0.4, 0.5) is 0 Å². The SMILES string of the molecule is Cc1[nH]ncc1C(=O)NCC1CCNC1.Cl. The lowest BCUT2D eigenvalue weighted by Gasteiger charge is -2.09. The molecule has 1 aliphatic rings. The Bertz CT molecular complexity index is 346. The van der Waals surface area contributed by atoms with Gasteiger partial charge in [0.2, 0.25) is 0 Å². The number of nitrogens with zero attached hydrogens (tertiary/aromatic N) is 1. The molecule has 1 amide bonds. The molecule has 1 unspecified atom stereocenters. The van der Waals surface area contributed by atoms with Crippen LogP contribution in [0.2, 0.25) is 0 Å². The maximum Gasteiger partial charge on any atom is 0.254 e. The molecule has 6 heteroatoms. The number of carbonyl (C=O) groups is 1. The van der Waals surface area contributed by atoms with Crippen molar-refractivity contribution >= 4 is 18.3 Å². The van der Waals surface area contributed by atoms with Crippen molar-refractivity contribution in [1.29, 1.82) is 0 Å². The van der Waals surface area contributed by atoms with E-state index in [1.807, 2.05) is 6.92 Å². The number of halogens is 1. The van der Waals surface area contributed by atoms with E-state index in [1.54, 1.807) is 6.20 Å². The second kappa shape index (κ2) is 5.86. The second-order valence-electron chi connectivity index (χ2n) is 3.98. The molecule has 90 valence electrons. The smallest absolute Gasteiger partial charge is 0.254 e. The monoisotopic (exact) mass is 244 g/mol. The molecule has 5 nitrogen and oxygen atoms in total. The number of amides is 1. The minimum atomic E-state index is -0.0341. The Kier molecular flexibility index (Phi) is 4.76. The van der Waals surface area contributed by atoms with E-state index in [2.05, 4.69) is 20.8 Å². The van der Waals surface area contributed by atoms with E-state index in [0.29, 0.717) is 11.5 Å². The molecule has 0 bridgehead atoms. The van der Waals surface area contributed by atoms with Crippen LogP contribution in [0.25, 0.3) is 0 Å². The number of aryl methyl sites for hydroxylation is 1. The molecule has 3 N–H and O–H groups in total. The first kappa shape index (κ1) is 13.0. The van der Waals surface area contributed by atoms with Crippen LogP contribution in [0.15, 0.2) is 6.20 Å². The predicted octanol–water partition coefficient (Wildman–Crippen LogP) is 0.479. The summed E-state index contributed by atoms with van der Waals surface area (Å²) in [5.41, 5.74) is 1.46. The number of carbonyl (C=O) groups excluding carboxylic acids is 1. The summed E-state index contributed by atoms with van der Waals surface area (Å²) in [7, 11) is 0. The first-order chi connectivity index (χ1) is 7.27. The van der Waals surface area contributed by atoms with Crippen molar-refractivity contribution in [2.24, 2.45) is 5.92 Å². The van der Waals surface area contributed by atoms with Crippen molar-refractivity contribution in [3.63, 3.8) is 0 Å². The molecule has 0 spiro atoms. The number of rotatable bonds is 3. The Morgan fingerprint density at radius 3 is 3.06 bits per heavy atom. The third kappa shape index (κ3) is 2.96. The molecule has 2 heterocycles. The van der Waals surface area contributed by atoms with Crippen molar-refractivity contribution < 1.29 is 4.79 Å². The normalized spacial score (nSPS) is 19.2. The largest absolute Gasteiger partial charge is 0.352 e. The van der Waals surface area contributed by atoms with E-state index in [9.17, 15) is 4.79 Å². The van der Waals surface area contributed by atoms with Gasteiger partial charge >= 0.3 is 0 Å². The molecule has 0 radical (unpaired) electrons. The van der Waals surface area contributed by atoms with Gasteiger partial charge in [0.1, 0.15) is 0 Å². The van der Waals surface area contributed by atoms with Crippen molar-refractivity contribution in [3.8, 4) is 0 Å². The summed E-state index contributed by atoms with van der Waals surface area (Å²) in [5.74, 6) is 0.536. The lowest BCUT2D eigenvalue weighted by Crippen LogP contribution is -2.30. The Morgan fingerprint density at radius 2 is 2.50 bits per heavy atom. The molecule has 2 rings (SSSR count). The Hall–Kier alpha value is -1.07. The quantitative estimate of drug-likeness (QED) is 0.725. The van der Waals surface area contributed by atoms with Gasteiger partial charge in [-0.3, -0.25) is 9.89 Å². The zero-order valence-corrected chi connectivity index (χ0v) is 10.1. The van der Waals surface area contributed by atoms with Crippen LogP contribution in [0.3, 0.4) is 0 Å². The molecule has 1 fully saturated rings. The van der Waals surface area contributed by atoms with Gasteiger partial charge < -0.3 is 10.6 Å². The third-order valence-electron chi connectivity index (χ3n) is 2.79. The van der Waals surface area contributed by atoms with Gasteiger partial charge in [0, 0.05) is 12.2 Å². The summed E-state index contributed by atoms with van der Waals surface area (Å²) in [6.45, 7) is 4.66. The highest BCUT2D eigenvalue weighted by molar-refractivity contribution is 5.94. The molecule has 16 heavy (non-hydrogen) atoms. The van der Waals surface area contributed by atoms with E-state index < -0.39 is 0 Å². The fourth-order valence-corrected chi connectivity index (χ4v) is 1.80. The van der Waals surface area contributed by atoms with Crippen LogP contribution in [0.1, 0.15) is 22.5 Å². The minimum absolute atomic E-state index is 0. The first-order valence-electron chi connectivity index (χ1n) is 5.26. The molecule has 0 aromatic carbocycles. The van der Waals surface area contributed by atoms with Crippen LogP contribution in [-0.2, 0) is 0 Å². The lowest BCUT2D eigenvalue weighted by molar-refractivity contribution is 0.0947. The van der Waals surface area contributed by atoms with Gasteiger partial charge in [-0.25, -0.2) is 0 Å². The lowest BCUT2D eigenvalue weighted by atomic mass is 10.1.